The molecule has 110 valence electrons. The topological polar surface area (TPSA) is 50.8 Å². The Morgan fingerprint density at radius 3 is 2.95 bits per heavy atom. The van der Waals surface area contributed by atoms with E-state index in [0.717, 1.165) is 25.9 Å². The second-order valence-electron chi connectivity index (χ2n) is 5.39. The summed E-state index contributed by atoms with van der Waals surface area (Å²) in [5.74, 6) is 0.204. The maximum absolute atomic E-state index is 12.6. The van der Waals surface area contributed by atoms with Gasteiger partial charge in [0.15, 0.2) is 0 Å². The van der Waals surface area contributed by atoms with Crippen LogP contribution in [0.5, 0.6) is 0 Å². The van der Waals surface area contributed by atoms with E-state index in [-0.39, 0.29) is 24.0 Å². The summed E-state index contributed by atoms with van der Waals surface area (Å²) in [6, 6.07) is 0.176. The third kappa shape index (κ3) is 3.68. The fourth-order valence-electron chi connectivity index (χ4n) is 2.73. The molecule has 0 aromatic carbocycles. The highest BCUT2D eigenvalue weighted by molar-refractivity contribution is 5.80. The van der Waals surface area contributed by atoms with Crippen LogP contribution in [0.4, 0.5) is 0 Å². The summed E-state index contributed by atoms with van der Waals surface area (Å²) in [5.41, 5.74) is 0. The van der Waals surface area contributed by atoms with Crippen LogP contribution in [0.2, 0.25) is 0 Å². The second-order valence-corrected chi connectivity index (χ2v) is 5.39. The van der Waals surface area contributed by atoms with E-state index in [1.54, 1.807) is 0 Å². The highest BCUT2D eigenvalue weighted by atomic mass is 16.5. The Morgan fingerprint density at radius 1 is 1.37 bits per heavy atom. The normalized spacial score (nSPS) is 31.7. The predicted octanol–water partition coefficient (Wildman–Crippen LogP) is 0.638. The van der Waals surface area contributed by atoms with Gasteiger partial charge >= 0.3 is 0 Å². The third-order valence-electron chi connectivity index (χ3n) is 3.96. The summed E-state index contributed by atoms with van der Waals surface area (Å²) in [4.78, 5) is 14.5. The van der Waals surface area contributed by atoms with Gasteiger partial charge in [-0.25, -0.2) is 0 Å². The van der Waals surface area contributed by atoms with E-state index in [4.69, 9.17) is 9.47 Å². The van der Waals surface area contributed by atoms with Crippen LogP contribution < -0.4 is 5.32 Å². The number of hydrogen-bond donors (Lipinski definition) is 1. The minimum Gasteiger partial charge on any atom is -0.379 e. The highest BCUT2D eigenvalue weighted by Crippen LogP contribution is 2.19. The number of amides is 1. The fourth-order valence-corrected chi connectivity index (χ4v) is 2.73. The van der Waals surface area contributed by atoms with Crippen molar-refractivity contribution in [3.8, 4) is 0 Å². The van der Waals surface area contributed by atoms with Gasteiger partial charge < -0.3 is 19.7 Å². The number of carbonyl (C=O) groups is 1. The first-order valence-electron chi connectivity index (χ1n) is 7.47. The molecule has 0 spiro atoms. The molecule has 3 unspecified atom stereocenters. The van der Waals surface area contributed by atoms with Crippen LogP contribution in [-0.2, 0) is 14.3 Å². The highest BCUT2D eigenvalue weighted by Gasteiger charge is 2.37. The van der Waals surface area contributed by atoms with Crippen LogP contribution >= 0.6 is 0 Å². The summed E-state index contributed by atoms with van der Waals surface area (Å²) >= 11 is 0. The number of morpholine rings is 1. The van der Waals surface area contributed by atoms with E-state index in [9.17, 15) is 4.79 Å². The van der Waals surface area contributed by atoms with Crippen LogP contribution in [-0.4, -0.2) is 62.4 Å². The first kappa shape index (κ1) is 14.8. The van der Waals surface area contributed by atoms with Gasteiger partial charge in [-0.05, 0) is 19.4 Å². The molecule has 2 fully saturated rings. The molecule has 19 heavy (non-hydrogen) atoms. The monoisotopic (exact) mass is 270 g/mol. The van der Waals surface area contributed by atoms with Gasteiger partial charge in [-0.1, -0.05) is 13.8 Å². The molecule has 1 amide bonds. The average molecular weight is 270 g/mol. The Morgan fingerprint density at radius 2 is 2.21 bits per heavy atom. The molecule has 0 radical (unpaired) electrons. The quantitative estimate of drug-likeness (QED) is 0.796. The maximum Gasteiger partial charge on any atom is 0.229 e. The molecular formula is C14H26N2O3. The second kappa shape index (κ2) is 7.22. The van der Waals surface area contributed by atoms with Crippen LogP contribution in [0, 0.1) is 5.92 Å². The molecule has 0 saturated carbocycles. The first-order valence-corrected chi connectivity index (χ1v) is 7.47. The third-order valence-corrected chi connectivity index (χ3v) is 3.96. The van der Waals surface area contributed by atoms with Crippen molar-refractivity contribution in [2.75, 3.05) is 39.5 Å². The summed E-state index contributed by atoms with van der Waals surface area (Å²) in [5, 5.41) is 3.42. The summed E-state index contributed by atoms with van der Waals surface area (Å²) in [7, 11) is 0. The molecular weight excluding hydrogens is 244 g/mol. The number of ether oxygens (including phenoxy) is 2. The van der Waals surface area contributed by atoms with E-state index in [0.29, 0.717) is 26.4 Å². The Balaban J connectivity index is 1.90. The van der Waals surface area contributed by atoms with Gasteiger partial charge in [-0.2, -0.15) is 0 Å². The van der Waals surface area contributed by atoms with Gasteiger partial charge in [0.05, 0.1) is 31.8 Å². The lowest BCUT2D eigenvalue weighted by Gasteiger charge is -2.34. The van der Waals surface area contributed by atoms with Crippen LogP contribution in [0.15, 0.2) is 0 Å². The molecule has 0 bridgehead atoms. The molecule has 2 saturated heterocycles. The molecule has 2 heterocycles. The molecule has 1 N–H and O–H groups in total. The lowest BCUT2D eigenvalue weighted by molar-refractivity contribution is -0.143. The lowest BCUT2D eigenvalue weighted by atomic mass is 10.0. The van der Waals surface area contributed by atoms with Crippen LogP contribution in [0.3, 0.4) is 0 Å². The fraction of sp³-hybridized carbons (Fsp3) is 0.929. The predicted molar refractivity (Wildman–Crippen MR) is 73.0 cm³/mol. The minimum atomic E-state index is -0.0258. The van der Waals surface area contributed by atoms with E-state index in [1.807, 2.05) is 4.90 Å². The van der Waals surface area contributed by atoms with E-state index < -0.39 is 0 Å². The van der Waals surface area contributed by atoms with Gasteiger partial charge in [0.25, 0.3) is 0 Å². The number of carbonyl (C=O) groups excluding carboxylic acids is 1. The lowest BCUT2D eigenvalue weighted by Crippen LogP contribution is -2.51. The van der Waals surface area contributed by atoms with E-state index in [2.05, 4.69) is 19.2 Å². The van der Waals surface area contributed by atoms with Crippen molar-refractivity contribution >= 4 is 5.91 Å². The van der Waals surface area contributed by atoms with E-state index >= 15 is 0 Å². The Labute approximate surface area is 115 Å². The van der Waals surface area contributed by atoms with Gasteiger partial charge in [-0.15, -0.1) is 0 Å². The van der Waals surface area contributed by atoms with Crippen LogP contribution in [0.1, 0.15) is 26.7 Å². The van der Waals surface area contributed by atoms with Crippen molar-refractivity contribution in [3.63, 3.8) is 0 Å². The SMILES string of the molecule is CCCNC1COCC1C(=O)N1CCOC(CC)C1. The summed E-state index contributed by atoms with van der Waals surface area (Å²) in [6.07, 6.45) is 2.23. The Kier molecular flexibility index (Phi) is 5.60. The Bertz CT molecular complexity index is 298. The number of nitrogens with zero attached hydrogens (tertiary/aromatic N) is 1. The molecule has 3 atom stereocenters. The molecule has 0 aromatic heterocycles. The molecule has 5 nitrogen and oxygen atoms in total. The largest absolute Gasteiger partial charge is 0.379 e. The molecule has 0 aliphatic carbocycles. The zero-order chi connectivity index (χ0) is 13.7. The van der Waals surface area contributed by atoms with Gasteiger partial charge in [0.1, 0.15) is 0 Å². The van der Waals surface area contributed by atoms with Crippen molar-refractivity contribution < 1.29 is 14.3 Å². The van der Waals surface area contributed by atoms with E-state index in [1.165, 1.54) is 0 Å². The van der Waals surface area contributed by atoms with Crippen molar-refractivity contribution in [2.45, 2.75) is 38.8 Å². The Hall–Kier alpha value is -0.650. The van der Waals surface area contributed by atoms with Gasteiger partial charge in [0, 0.05) is 19.1 Å². The number of hydrogen-bond acceptors (Lipinski definition) is 4. The molecule has 2 aliphatic rings. The molecule has 2 rings (SSSR count). The molecule has 5 heteroatoms. The van der Waals surface area contributed by atoms with Gasteiger partial charge in [-0.3, -0.25) is 4.79 Å². The average Bonchev–Trinajstić information content (AvgIpc) is 2.92. The van der Waals surface area contributed by atoms with Crippen LogP contribution in [0.25, 0.3) is 0 Å². The van der Waals surface area contributed by atoms with Crippen molar-refractivity contribution in [1.82, 2.24) is 10.2 Å². The van der Waals surface area contributed by atoms with Crippen molar-refractivity contribution in [3.05, 3.63) is 0 Å². The van der Waals surface area contributed by atoms with Crippen molar-refractivity contribution in [2.24, 2.45) is 5.92 Å². The minimum absolute atomic E-state index is 0.0258. The first-order chi connectivity index (χ1) is 9.26. The van der Waals surface area contributed by atoms with Crippen molar-refractivity contribution in [1.29, 1.82) is 0 Å². The zero-order valence-corrected chi connectivity index (χ0v) is 12.1. The summed E-state index contributed by atoms with van der Waals surface area (Å²) < 4.78 is 11.1. The maximum atomic E-state index is 12.6. The molecule has 0 aromatic rings. The molecule has 2 aliphatic heterocycles. The zero-order valence-electron chi connectivity index (χ0n) is 12.1. The standard InChI is InChI=1S/C14H26N2O3/c1-3-5-15-13-10-18-9-12(13)14(17)16-6-7-19-11(4-2)8-16/h11-13,15H,3-10H2,1-2H3. The summed E-state index contributed by atoms with van der Waals surface area (Å²) in [6.45, 7) is 8.48. The smallest absolute Gasteiger partial charge is 0.229 e. The van der Waals surface area contributed by atoms with Gasteiger partial charge in [0.2, 0.25) is 5.91 Å². The number of rotatable bonds is 5. The number of nitrogens with one attached hydrogen (secondary N) is 1.